The van der Waals surface area contributed by atoms with Crippen LogP contribution in [-0.2, 0) is 6.54 Å². The molecule has 1 atom stereocenters. The zero-order chi connectivity index (χ0) is 13.7. The summed E-state index contributed by atoms with van der Waals surface area (Å²) in [7, 11) is 0. The van der Waals surface area contributed by atoms with E-state index in [1.807, 2.05) is 24.4 Å². The highest BCUT2D eigenvalue weighted by Gasteiger charge is 2.08. The average molecular weight is 255 g/mol. The fourth-order valence-corrected chi connectivity index (χ4v) is 2.06. The van der Waals surface area contributed by atoms with Gasteiger partial charge >= 0.3 is 0 Å². The third-order valence-electron chi connectivity index (χ3n) is 3.31. The Morgan fingerprint density at radius 2 is 2.00 bits per heavy atom. The smallest absolute Gasteiger partial charge is 0.126 e. The molecule has 0 amide bonds. The van der Waals surface area contributed by atoms with Gasteiger partial charge in [-0.2, -0.15) is 0 Å². The number of pyridine rings is 1. The van der Waals surface area contributed by atoms with Crippen molar-refractivity contribution >= 4 is 5.82 Å². The Balaban J connectivity index is 2.04. The van der Waals surface area contributed by atoms with E-state index < -0.39 is 0 Å². The van der Waals surface area contributed by atoms with Crippen LogP contribution in [0.25, 0.3) is 0 Å². The maximum Gasteiger partial charge on any atom is 0.126 e. The normalized spacial score (nSPS) is 12.2. The van der Waals surface area contributed by atoms with Gasteiger partial charge in [-0.05, 0) is 36.1 Å². The molecule has 3 heteroatoms. The Labute approximate surface area is 114 Å². The fraction of sp³-hybridized carbons (Fsp3) is 0.312. The number of hydrogen-bond acceptors (Lipinski definition) is 3. The minimum Gasteiger partial charge on any atom is -0.366 e. The summed E-state index contributed by atoms with van der Waals surface area (Å²) in [6.45, 7) is 4.96. The van der Waals surface area contributed by atoms with Crippen LogP contribution in [0.2, 0.25) is 0 Å². The van der Waals surface area contributed by atoms with E-state index in [-0.39, 0.29) is 6.04 Å². The Morgan fingerprint density at radius 3 is 2.63 bits per heavy atom. The lowest BCUT2D eigenvalue weighted by Crippen LogP contribution is -2.11. The summed E-state index contributed by atoms with van der Waals surface area (Å²) in [5.74, 6) is 0.897. The molecule has 1 unspecified atom stereocenters. The summed E-state index contributed by atoms with van der Waals surface area (Å²) >= 11 is 0. The molecule has 1 aromatic heterocycles. The van der Waals surface area contributed by atoms with Gasteiger partial charge in [0.05, 0.1) is 0 Å². The highest BCUT2D eigenvalue weighted by atomic mass is 15.0. The Hall–Kier alpha value is -1.87. The molecule has 100 valence electrons. The van der Waals surface area contributed by atoms with Crippen molar-refractivity contribution in [2.75, 3.05) is 5.32 Å². The van der Waals surface area contributed by atoms with Crippen LogP contribution in [0.1, 0.15) is 36.1 Å². The number of nitrogens with zero attached hydrogens (tertiary/aromatic N) is 1. The Bertz CT molecular complexity index is 523. The molecule has 3 nitrogen and oxygen atoms in total. The van der Waals surface area contributed by atoms with E-state index in [9.17, 15) is 0 Å². The molecule has 0 aliphatic carbocycles. The van der Waals surface area contributed by atoms with Gasteiger partial charge in [-0.3, -0.25) is 0 Å². The van der Waals surface area contributed by atoms with E-state index in [0.717, 1.165) is 24.3 Å². The summed E-state index contributed by atoms with van der Waals surface area (Å²) in [4.78, 5) is 4.43. The van der Waals surface area contributed by atoms with Crippen LogP contribution in [0.15, 0.2) is 42.6 Å². The van der Waals surface area contributed by atoms with Crippen LogP contribution in [0.3, 0.4) is 0 Å². The molecule has 0 bridgehead atoms. The minimum absolute atomic E-state index is 0.0793. The number of nitrogens with one attached hydrogen (secondary N) is 1. The quantitative estimate of drug-likeness (QED) is 0.860. The van der Waals surface area contributed by atoms with Crippen molar-refractivity contribution < 1.29 is 0 Å². The molecule has 19 heavy (non-hydrogen) atoms. The van der Waals surface area contributed by atoms with Gasteiger partial charge in [-0.1, -0.05) is 37.3 Å². The number of aryl methyl sites for hydroxylation is 1. The van der Waals surface area contributed by atoms with Crippen LogP contribution in [0, 0.1) is 6.92 Å². The highest BCUT2D eigenvalue weighted by molar-refractivity contribution is 5.42. The zero-order valence-electron chi connectivity index (χ0n) is 11.6. The Morgan fingerprint density at radius 1 is 1.26 bits per heavy atom. The minimum atomic E-state index is 0.0793. The van der Waals surface area contributed by atoms with E-state index >= 15 is 0 Å². The lowest BCUT2D eigenvalue weighted by molar-refractivity contribution is 0.690. The van der Waals surface area contributed by atoms with Crippen molar-refractivity contribution in [3.63, 3.8) is 0 Å². The van der Waals surface area contributed by atoms with E-state index in [2.05, 4.69) is 42.3 Å². The summed E-state index contributed by atoms with van der Waals surface area (Å²) < 4.78 is 0. The van der Waals surface area contributed by atoms with E-state index in [0.29, 0.717) is 0 Å². The lowest BCUT2D eigenvalue weighted by atomic mass is 10.0. The fourth-order valence-electron chi connectivity index (χ4n) is 2.06. The number of anilines is 1. The molecule has 0 saturated heterocycles. The first-order chi connectivity index (χ1) is 9.20. The molecule has 0 spiro atoms. The molecular weight excluding hydrogens is 234 g/mol. The standard InChI is InChI=1S/C16H21N3/c1-3-15(17)14-11-19-16(9-12(14)2)18-10-13-7-5-4-6-8-13/h4-9,11,15H,3,10,17H2,1-2H3,(H,18,19). The maximum absolute atomic E-state index is 6.05. The molecule has 0 fully saturated rings. The first-order valence-corrected chi connectivity index (χ1v) is 6.70. The van der Waals surface area contributed by atoms with Crippen LogP contribution in [0.5, 0.6) is 0 Å². The molecule has 0 radical (unpaired) electrons. The average Bonchev–Trinajstić information content (AvgIpc) is 2.45. The molecule has 1 aromatic carbocycles. The second-order valence-corrected chi connectivity index (χ2v) is 4.78. The number of aromatic nitrogens is 1. The molecular formula is C16H21N3. The van der Waals surface area contributed by atoms with Gasteiger partial charge < -0.3 is 11.1 Å². The molecule has 2 rings (SSSR count). The van der Waals surface area contributed by atoms with E-state index in [4.69, 9.17) is 5.73 Å². The van der Waals surface area contributed by atoms with Crippen molar-refractivity contribution in [1.29, 1.82) is 0 Å². The lowest BCUT2D eigenvalue weighted by Gasteiger charge is -2.14. The van der Waals surface area contributed by atoms with Gasteiger partial charge in [0.25, 0.3) is 0 Å². The van der Waals surface area contributed by atoms with Gasteiger partial charge in [0.15, 0.2) is 0 Å². The molecule has 0 aliphatic heterocycles. The van der Waals surface area contributed by atoms with Crippen molar-refractivity contribution in [2.24, 2.45) is 5.73 Å². The van der Waals surface area contributed by atoms with Gasteiger partial charge in [0, 0.05) is 18.8 Å². The van der Waals surface area contributed by atoms with Crippen LogP contribution >= 0.6 is 0 Å². The molecule has 0 aliphatic rings. The first kappa shape index (κ1) is 13.6. The van der Waals surface area contributed by atoms with Crippen LogP contribution in [-0.4, -0.2) is 4.98 Å². The summed E-state index contributed by atoms with van der Waals surface area (Å²) in [6.07, 6.45) is 2.82. The van der Waals surface area contributed by atoms with Crippen molar-refractivity contribution in [1.82, 2.24) is 4.98 Å². The zero-order valence-corrected chi connectivity index (χ0v) is 11.6. The van der Waals surface area contributed by atoms with Gasteiger partial charge in [-0.25, -0.2) is 4.98 Å². The van der Waals surface area contributed by atoms with Gasteiger partial charge in [0.1, 0.15) is 5.82 Å². The number of nitrogens with two attached hydrogens (primary N) is 1. The highest BCUT2D eigenvalue weighted by Crippen LogP contribution is 2.19. The van der Waals surface area contributed by atoms with Crippen molar-refractivity contribution in [2.45, 2.75) is 32.9 Å². The SMILES string of the molecule is CCC(N)c1cnc(NCc2ccccc2)cc1C. The van der Waals surface area contributed by atoms with E-state index in [1.165, 1.54) is 11.1 Å². The molecule has 3 N–H and O–H groups in total. The third kappa shape index (κ3) is 3.55. The first-order valence-electron chi connectivity index (χ1n) is 6.70. The molecule has 0 saturated carbocycles. The van der Waals surface area contributed by atoms with Crippen LogP contribution < -0.4 is 11.1 Å². The second-order valence-electron chi connectivity index (χ2n) is 4.78. The van der Waals surface area contributed by atoms with Crippen LogP contribution in [0.4, 0.5) is 5.82 Å². The number of rotatable bonds is 5. The molecule has 1 heterocycles. The summed E-state index contributed by atoms with van der Waals surface area (Å²) in [6, 6.07) is 12.4. The predicted molar refractivity (Wildman–Crippen MR) is 80.0 cm³/mol. The van der Waals surface area contributed by atoms with Gasteiger partial charge in [0.2, 0.25) is 0 Å². The third-order valence-corrected chi connectivity index (χ3v) is 3.31. The van der Waals surface area contributed by atoms with Gasteiger partial charge in [-0.15, -0.1) is 0 Å². The summed E-state index contributed by atoms with van der Waals surface area (Å²) in [5, 5.41) is 3.33. The van der Waals surface area contributed by atoms with E-state index in [1.54, 1.807) is 0 Å². The number of hydrogen-bond donors (Lipinski definition) is 2. The maximum atomic E-state index is 6.05. The Kier molecular flexibility index (Phi) is 4.53. The van der Waals surface area contributed by atoms with Crippen molar-refractivity contribution in [3.05, 3.63) is 59.3 Å². The monoisotopic (exact) mass is 255 g/mol. The summed E-state index contributed by atoms with van der Waals surface area (Å²) in [5.41, 5.74) is 9.62. The van der Waals surface area contributed by atoms with Crippen molar-refractivity contribution in [3.8, 4) is 0 Å². The molecule has 2 aromatic rings. The second kappa shape index (κ2) is 6.34. The largest absolute Gasteiger partial charge is 0.366 e. The predicted octanol–water partition coefficient (Wildman–Crippen LogP) is 3.41. The topological polar surface area (TPSA) is 50.9 Å². The number of benzene rings is 1.